The number of hydrogen-bond acceptors (Lipinski definition) is 5. The third-order valence-corrected chi connectivity index (χ3v) is 4.73. The maximum atomic E-state index is 12.4. The summed E-state index contributed by atoms with van der Waals surface area (Å²) < 4.78 is 4.50. The van der Waals surface area contributed by atoms with Crippen LogP contribution in [-0.4, -0.2) is 30.4 Å². The lowest BCUT2D eigenvalue weighted by Crippen LogP contribution is -2.41. The second-order valence-corrected chi connectivity index (χ2v) is 6.57. The summed E-state index contributed by atoms with van der Waals surface area (Å²) in [6.45, 7) is 0. The van der Waals surface area contributed by atoms with Crippen molar-refractivity contribution >= 4 is 29.5 Å². The van der Waals surface area contributed by atoms with Gasteiger partial charge in [-0.2, -0.15) is 0 Å². The van der Waals surface area contributed by atoms with Crippen molar-refractivity contribution in [1.29, 1.82) is 0 Å². The van der Waals surface area contributed by atoms with Gasteiger partial charge in [-0.1, -0.05) is 54.2 Å². The molecule has 1 saturated heterocycles. The highest BCUT2D eigenvalue weighted by Gasteiger charge is 2.29. The SMILES string of the molecule is COC(=O)/C=C1\S[C@H](NC(=O)c2ccc(-c3ccccc3)cc2)NC1=O. The van der Waals surface area contributed by atoms with Gasteiger partial charge < -0.3 is 15.4 Å². The van der Waals surface area contributed by atoms with Crippen molar-refractivity contribution in [2.75, 3.05) is 7.11 Å². The summed E-state index contributed by atoms with van der Waals surface area (Å²) in [6.07, 6.45) is 1.10. The molecule has 1 heterocycles. The van der Waals surface area contributed by atoms with E-state index >= 15 is 0 Å². The Balaban J connectivity index is 1.65. The van der Waals surface area contributed by atoms with E-state index < -0.39 is 17.4 Å². The first-order valence-corrected chi connectivity index (χ1v) is 8.68. The number of rotatable bonds is 4. The summed E-state index contributed by atoms with van der Waals surface area (Å²) >= 11 is 1.05. The van der Waals surface area contributed by atoms with Gasteiger partial charge in [-0.25, -0.2) is 4.79 Å². The first-order valence-electron chi connectivity index (χ1n) is 7.80. The maximum Gasteiger partial charge on any atom is 0.331 e. The molecule has 0 bridgehead atoms. The largest absolute Gasteiger partial charge is 0.466 e. The molecule has 0 aromatic heterocycles. The molecule has 2 N–H and O–H groups in total. The van der Waals surface area contributed by atoms with Crippen molar-refractivity contribution < 1.29 is 19.1 Å². The monoisotopic (exact) mass is 368 g/mol. The topological polar surface area (TPSA) is 84.5 Å². The van der Waals surface area contributed by atoms with Crippen LogP contribution in [-0.2, 0) is 14.3 Å². The van der Waals surface area contributed by atoms with Crippen LogP contribution in [0.3, 0.4) is 0 Å². The number of nitrogens with one attached hydrogen (secondary N) is 2. The van der Waals surface area contributed by atoms with Crippen molar-refractivity contribution in [1.82, 2.24) is 10.6 Å². The molecule has 1 atom stereocenters. The van der Waals surface area contributed by atoms with Crippen LogP contribution in [0.25, 0.3) is 11.1 Å². The summed E-state index contributed by atoms with van der Waals surface area (Å²) in [5.74, 6) is -1.36. The molecule has 0 unspecified atom stereocenters. The lowest BCUT2D eigenvalue weighted by atomic mass is 10.0. The van der Waals surface area contributed by atoms with Gasteiger partial charge in [-0.15, -0.1) is 0 Å². The predicted molar refractivity (Wildman–Crippen MR) is 99.0 cm³/mol. The molecule has 2 amide bonds. The van der Waals surface area contributed by atoms with E-state index in [0.29, 0.717) is 5.56 Å². The summed E-state index contributed by atoms with van der Waals surface area (Å²) in [5.41, 5.74) is 1.91. The first-order chi connectivity index (χ1) is 12.6. The van der Waals surface area contributed by atoms with Gasteiger partial charge in [0.1, 0.15) is 0 Å². The Morgan fingerprint density at radius 2 is 1.73 bits per heavy atom. The predicted octanol–water partition coefficient (Wildman–Crippen LogP) is 2.29. The van der Waals surface area contributed by atoms with E-state index in [2.05, 4.69) is 15.4 Å². The number of benzene rings is 2. The number of esters is 1. The summed E-state index contributed by atoms with van der Waals surface area (Å²) in [6, 6.07) is 17.0. The summed E-state index contributed by atoms with van der Waals surface area (Å²) in [4.78, 5) is 35.6. The number of carbonyl (C=O) groups is 3. The molecule has 1 aliphatic rings. The van der Waals surface area contributed by atoms with E-state index in [1.54, 1.807) is 12.1 Å². The van der Waals surface area contributed by atoms with E-state index in [9.17, 15) is 14.4 Å². The molecule has 0 spiro atoms. The molecule has 0 radical (unpaired) electrons. The zero-order chi connectivity index (χ0) is 18.5. The van der Waals surface area contributed by atoms with E-state index in [1.807, 2.05) is 42.5 Å². The minimum Gasteiger partial charge on any atom is -0.466 e. The molecule has 0 aliphatic carbocycles. The van der Waals surface area contributed by atoms with Crippen LogP contribution in [0.4, 0.5) is 0 Å². The van der Waals surface area contributed by atoms with Gasteiger partial charge in [0.05, 0.1) is 12.0 Å². The van der Waals surface area contributed by atoms with Gasteiger partial charge in [0.15, 0.2) is 5.50 Å². The Kier molecular flexibility index (Phi) is 5.38. The molecular weight excluding hydrogens is 352 g/mol. The van der Waals surface area contributed by atoms with Crippen LogP contribution in [0.2, 0.25) is 0 Å². The zero-order valence-corrected chi connectivity index (χ0v) is 14.7. The van der Waals surface area contributed by atoms with Crippen molar-refractivity contribution in [3.63, 3.8) is 0 Å². The Morgan fingerprint density at radius 1 is 1.08 bits per heavy atom. The van der Waals surface area contributed by atoms with Gasteiger partial charge in [0.2, 0.25) is 0 Å². The smallest absolute Gasteiger partial charge is 0.331 e. The Bertz CT molecular complexity index is 863. The van der Waals surface area contributed by atoms with Crippen molar-refractivity contribution in [2.24, 2.45) is 0 Å². The fraction of sp³-hybridized carbons (Fsp3) is 0.105. The van der Waals surface area contributed by atoms with Gasteiger partial charge >= 0.3 is 5.97 Å². The molecule has 2 aromatic carbocycles. The third kappa shape index (κ3) is 4.12. The van der Waals surface area contributed by atoms with Gasteiger partial charge in [0, 0.05) is 11.6 Å². The molecular formula is C19H16N2O4S. The quantitative estimate of drug-likeness (QED) is 0.639. The molecule has 7 heteroatoms. The number of methoxy groups -OCH3 is 1. The zero-order valence-electron chi connectivity index (χ0n) is 13.9. The number of thioether (sulfide) groups is 1. The van der Waals surface area contributed by atoms with E-state index in [4.69, 9.17) is 0 Å². The Hall–Kier alpha value is -3.06. The van der Waals surface area contributed by atoms with E-state index in [-0.39, 0.29) is 10.8 Å². The van der Waals surface area contributed by atoms with Gasteiger partial charge in [0.25, 0.3) is 11.8 Å². The van der Waals surface area contributed by atoms with E-state index in [1.165, 1.54) is 7.11 Å². The number of ether oxygens (including phenoxy) is 1. The molecule has 26 heavy (non-hydrogen) atoms. The molecule has 3 rings (SSSR count). The van der Waals surface area contributed by atoms with Crippen LogP contribution in [0, 0.1) is 0 Å². The summed E-state index contributed by atoms with van der Waals surface area (Å²) in [7, 11) is 1.23. The second kappa shape index (κ2) is 7.88. The van der Waals surface area contributed by atoms with Crippen LogP contribution in [0.5, 0.6) is 0 Å². The highest BCUT2D eigenvalue weighted by Crippen LogP contribution is 2.26. The standard InChI is InChI=1S/C19H16N2O4S/c1-25-16(22)11-15-18(24)21-19(26-15)20-17(23)14-9-7-13(8-10-14)12-5-3-2-4-6-12/h2-11,19H,1H3,(H,20,23)(H,21,24)/b15-11-/t19-/m1/s1. The normalized spacial score (nSPS) is 17.7. The van der Waals surface area contributed by atoms with Gasteiger partial charge in [-0.05, 0) is 23.3 Å². The lowest BCUT2D eigenvalue weighted by molar-refractivity contribution is -0.135. The van der Waals surface area contributed by atoms with Crippen LogP contribution in [0.15, 0.2) is 65.6 Å². The van der Waals surface area contributed by atoms with Crippen molar-refractivity contribution in [3.8, 4) is 11.1 Å². The molecule has 1 fully saturated rings. The van der Waals surface area contributed by atoms with Crippen LogP contribution >= 0.6 is 11.8 Å². The highest BCUT2D eigenvalue weighted by molar-refractivity contribution is 8.05. The van der Waals surface area contributed by atoms with E-state index in [0.717, 1.165) is 29.0 Å². The average Bonchev–Trinajstić information content (AvgIpc) is 3.01. The van der Waals surface area contributed by atoms with Crippen molar-refractivity contribution in [3.05, 3.63) is 71.1 Å². The molecule has 2 aromatic rings. The minimum atomic E-state index is -0.639. The number of carbonyl (C=O) groups excluding carboxylic acids is 3. The average molecular weight is 368 g/mol. The third-order valence-electron chi connectivity index (χ3n) is 3.70. The summed E-state index contributed by atoms with van der Waals surface area (Å²) in [5, 5.41) is 5.29. The lowest BCUT2D eigenvalue weighted by Gasteiger charge is -2.11. The molecule has 1 aliphatic heterocycles. The van der Waals surface area contributed by atoms with Crippen molar-refractivity contribution in [2.45, 2.75) is 5.50 Å². The number of amides is 2. The Labute approximate surface area is 154 Å². The van der Waals surface area contributed by atoms with Crippen LogP contribution < -0.4 is 10.6 Å². The fourth-order valence-corrected chi connectivity index (χ4v) is 3.29. The fourth-order valence-electron chi connectivity index (χ4n) is 2.38. The van der Waals surface area contributed by atoms with Gasteiger partial charge in [-0.3, -0.25) is 9.59 Å². The Morgan fingerprint density at radius 3 is 2.38 bits per heavy atom. The molecule has 0 saturated carbocycles. The highest BCUT2D eigenvalue weighted by atomic mass is 32.2. The molecule has 6 nitrogen and oxygen atoms in total. The second-order valence-electron chi connectivity index (χ2n) is 5.42. The number of hydrogen-bond donors (Lipinski definition) is 2. The maximum absolute atomic E-state index is 12.4. The van der Waals surface area contributed by atoms with Crippen LogP contribution in [0.1, 0.15) is 10.4 Å². The first kappa shape index (κ1) is 17.8. The minimum absolute atomic E-state index is 0.196. The molecule has 132 valence electrons.